The number of nitrogens with one attached hydrogen (secondary N) is 2. The topological polar surface area (TPSA) is 158 Å². The molecule has 12 heteroatoms. The van der Waals surface area contributed by atoms with Gasteiger partial charge in [-0.3, -0.25) is 4.98 Å². The molecule has 1 aromatic carbocycles. The quantitative estimate of drug-likeness (QED) is 0.219. The molecule has 6 rings (SSSR count). The summed E-state index contributed by atoms with van der Waals surface area (Å²) in [6, 6.07) is 10.0. The van der Waals surface area contributed by atoms with Gasteiger partial charge in [-0.2, -0.15) is 14.6 Å². The van der Waals surface area contributed by atoms with Gasteiger partial charge in [0.25, 0.3) is 0 Å². The van der Waals surface area contributed by atoms with Gasteiger partial charge in [-0.05, 0) is 42.9 Å². The van der Waals surface area contributed by atoms with Gasteiger partial charge in [0.05, 0.1) is 12.4 Å². The third-order valence-electron chi connectivity index (χ3n) is 6.78. The van der Waals surface area contributed by atoms with Gasteiger partial charge in [0.2, 0.25) is 5.95 Å². The van der Waals surface area contributed by atoms with Gasteiger partial charge >= 0.3 is 11.9 Å². The van der Waals surface area contributed by atoms with Crippen LogP contribution in [0.2, 0.25) is 0 Å². The normalized spacial score (nSPS) is 14.7. The molecule has 0 aliphatic heterocycles. The number of para-hydroxylation sites is 1. The molecule has 11 nitrogen and oxygen atoms in total. The molecule has 1 atom stereocenters. The third-order valence-corrected chi connectivity index (χ3v) is 6.78. The number of fused-ring (bicyclic) bond motifs is 4. The Balaban J connectivity index is 0.000000372. The number of anilines is 1. The predicted molar refractivity (Wildman–Crippen MR) is 150 cm³/mol. The number of carbonyl (C=O) groups is 2. The lowest BCUT2D eigenvalue weighted by molar-refractivity contribution is -0.134. The van der Waals surface area contributed by atoms with E-state index in [0.717, 1.165) is 30.5 Å². The number of rotatable bonds is 6. The van der Waals surface area contributed by atoms with Gasteiger partial charge in [-0.25, -0.2) is 19.0 Å². The van der Waals surface area contributed by atoms with Gasteiger partial charge < -0.3 is 20.5 Å². The molecule has 0 spiro atoms. The minimum absolute atomic E-state index is 0.194. The summed E-state index contributed by atoms with van der Waals surface area (Å²) in [5.41, 5.74) is 6.15. The summed E-state index contributed by atoms with van der Waals surface area (Å²) in [4.78, 5) is 36.1. The second kappa shape index (κ2) is 11.5. The van der Waals surface area contributed by atoms with Crippen molar-refractivity contribution in [2.45, 2.75) is 45.1 Å². The molecule has 4 heterocycles. The van der Waals surface area contributed by atoms with Crippen molar-refractivity contribution in [3.8, 4) is 11.4 Å². The summed E-state index contributed by atoms with van der Waals surface area (Å²) in [7, 11) is 0. The second-order valence-electron chi connectivity index (χ2n) is 9.97. The first kappa shape index (κ1) is 27.4. The lowest BCUT2D eigenvalue weighted by Gasteiger charge is -2.24. The molecule has 4 aromatic heterocycles. The van der Waals surface area contributed by atoms with Crippen molar-refractivity contribution in [3.63, 3.8) is 0 Å². The van der Waals surface area contributed by atoms with Gasteiger partial charge in [0.15, 0.2) is 11.5 Å². The average Bonchev–Trinajstić information content (AvgIpc) is 3.54. The maximum Gasteiger partial charge on any atom is 0.328 e. The van der Waals surface area contributed by atoms with Crippen LogP contribution >= 0.6 is 0 Å². The summed E-state index contributed by atoms with van der Waals surface area (Å²) in [5.74, 6) is -1.64. The molecule has 0 bridgehead atoms. The zero-order valence-electron chi connectivity index (χ0n) is 22.4. The zero-order valence-corrected chi connectivity index (χ0v) is 22.4. The van der Waals surface area contributed by atoms with E-state index in [4.69, 9.17) is 20.2 Å². The molecule has 4 N–H and O–H groups in total. The van der Waals surface area contributed by atoms with Crippen molar-refractivity contribution in [1.82, 2.24) is 29.5 Å². The van der Waals surface area contributed by atoms with Crippen LogP contribution in [-0.2, 0) is 22.4 Å². The first-order valence-corrected chi connectivity index (χ1v) is 13.0. The van der Waals surface area contributed by atoms with E-state index >= 15 is 0 Å². The van der Waals surface area contributed by atoms with Crippen LogP contribution in [0.15, 0.2) is 61.1 Å². The zero-order chi connectivity index (χ0) is 29.1. The molecule has 210 valence electrons. The Morgan fingerprint density at radius 2 is 1.88 bits per heavy atom. The number of hydrogen-bond donors (Lipinski definition) is 4. The van der Waals surface area contributed by atoms with Crippen molar-refractivity contribution in [1.29, 1.82) is 0 Å². The molecular weight excluding hydrogens is 529 g/mol. The van der Waals surface area contributed by atoms with E-state index in [0.29, 0.717) is 29.5 Å². The monoisotopic (exact) mass is 557 g/mol. The Morgan fingerprint density at radius 1 is 1.12 bits per heavy atom. The molecule has 0 radical (unpaired) electrons. The molecular formula is C29H28FN7O4. The number of carboxylic acids is 2. The van der Waals surface area contributed by atoms with Gasteiger partial charge in [0.1, 0.15) is 5.82 Å². The number of benzene rings is 1. The molecule has 0 amide bonds. The molecule has 0 fully saturated rings. The standard InChI is InChI=1S/C25H24FN7.C4H4O4/c1-14(2)20-13-28-33-24(20)31-23(15-9-16(26)12-27-11-15)32-25(33)29-17-7-8-22-19(10-17)18-5-3-4-6-21(18)30-22;5-3(6)1-2-4(7)8/h3-6,9,11-14,17,30H,7-8,10H2,1-2H3,(H,29,31,32);1-2H,(H,5,6)(H,7,8)/b;2-1+/t17-;/m1./s1. The van der Waals surface area contributed by atoms with Crippen molar-refractivity contribution in [3.05, 3.63) is 83.7 Å². The first-order valence-electron chi connectivity index (χ1n) is 13.0. The minimum Gasteiger partial charge on any atom is -0.478 e. The van der Waals surface area contributed by atoms with Crippen LogP contribution < -0.4 is 5.32 Å². The fourth-order valence-corrected chi connectivity index (χ4v) is 4.88. The molecule has 5 aromatic rings. The number of hydrogen-bond acceptors (Lipinski definition) is 7. The Kier molecular flexibility index (Phi) is 7.72. The van der Waals surface area contributed by atoms with Crippen molar-refractivity contribution in [2.24, 2.45) is 0 Å². The predicted octanol–water partition coefficient (Wildman–Crippen LogP) is 4.61. The van der Waals surface area contributed by atoms with E-state index in [1.165, 1.54) is 34.4 Å². The molecule has 0 unspecified atom stereocenters. The van der Waals surface area contributed by atoms with Crippen molar-refractivity contribution in [2.75, 3.05) is 5.32 Å². The van der Waals surface area contributed by atoms with Crippen LogP contribution in [0.5, 0.6) is 0 Å². The number of halogens is 1. The highest BCUT2D eigenvalue weighted by molar-refractivity contribution is 5.89. The number of H-pyrrole nitrogens is 1. The Labute approximate surface area is 233 Å². The van der Waals surface area contributed by atoms with Gasteiger partial charge in [0, 0.05) is 52.1 Å². The van der Waals surface area contributed by atoms with Crippen molar-refractivity contribution >= 4 is 34.4 Å². The first-order chi connectivity index (χ1) is 19.7. The number of aliphatic carboxylic acids is 2. The minimum atomic E-state index is -1.26. The number of nitrogens with zero attached hydrogens (tertiary/aromatic N) is 5. The summed E-state index contributed by atoms with van der Waals surface area (Å²) in [5, 5.41) is 25.1. The average molecular weight is 558 g/mol. The Morgan fingerprint density at radius 3 is 2.59 bits per heavy atom. The number of pyridine rings is 1. The van der Waals surface area contributed by atoms with E-state index in [1.54, 1.807) is 10.7 Å². The molecule has 0 saturated heterocycles. The summed E-state index contributed by atoms with van der Waals surface area (Å²) in [6.07, 6.45) is 8.55. The fourth-order valence-electron chi connectivity index (χ4n) is 4.88. The van der Waals surface area contributed by atoms with Crippen LogP contribution in [-0.4, -0.2) is 57.7 Å². The number of aryl methyl sites for hydroxylation is 1. The van der Waals surface area contributed by atoms with Crippen LogP contribution in [0.4, 0.5) is 10.3 Å². The second-order valence-corrected chi connectivity index (χ2v) is 9.97. The smallest absolute Gasteiger partial charge is 0.328 e. The maximum absolute atomic E-state index is 13.9. The van der Waals surface area contributed by atoms with Crippen molar-refractivity contribution < 1.29 is 24.2 Å². The van der Waals surface area contributed by atoms with Crippen LogP contribution in [0, 0.1) is 5.82 Å². The van der Waals surface area contributed by atoms with Gasteiger partial charge in [-0.1, -0.05) is 32.0 Å². The summed E-state index contributed by atoms with van der Waals surface area (Å²) in [6.45, 7) is 4.21. The maximum atomic E-state index is 13.9. The third kappa shape index (κ3) is 6.06. The number of aromatic nitrogens is 6. The van der Waals surface area contributed by atoms with Crippen LogP contribution in [0.1, 0.15) is 43.0 Å². The van der Waals surface area contributed by atoms with E-state index in [9.17, 15) is 14.0 Å². The lowest BCUT2D eigenvalue weighted by atomic mass is 9.91. The van der Waals surface area contributed by atoms with E-state index < -0.39 is 17.8 Å². The molecule has 1 aliphatic rings. The summed E-state index contributed by atoms with van der Waals surface area (Å²) < 4.78 is 15.6. The van der Waals surface area contributed by atoms with E-state index in [1.807, 2.05) is 6.20 Å². The fraction of sp³-hybridized carbons (Fsp3) is 0.241. The molecule has 0 saturated carbocycles. The van der Waals surface area contributed by atoms with E-state index in [2.05, 4.69) is 58.5 Å². The largest absolute Gasteiger partial charge is 0.478 e. The number of aromatic amines is 1. The van der Waals surface area contributed by atoms with Crippen LogP contribution in [0.3, 0.4) is 0 Å². The SMILES string of the molecule is CC(C)c1cnn2c(N[C@@H]3CCc4[nH]c5ccccc5c4C3)nc(-c3cncc(F)c3)nc12.O=C(O)/C=C/C(=O)O. The number of carboxylic acid groups (broad SMARTS) is 2. The van der Waals surface area contributed by atoms with Gasteiger partial charge in [-0.15, -0.1) is 0 Å². The Bertz CT molecular complexity index is 1760. The van der Waals surface area contributed by atoms with E-state index in [-0.39, 0.29) is 12.0 Å². The highest BCUT2D eigenvalue weighted by Crippen LogP contribution is 2.31. The van der Waals surface area contributed by atoms with Crippen LogP contribution in [0.25, 0.3) is 27.9 Å². The molecule has 41 heavy (non-hydrogen) atoms. The highest BCUT2D eigenvalue weighted by Gasteiger charge is 2.24. The Hall–Kier alpha value is -5.13. The lowest BCUT2D eigenvalue weighted by Crippen LogP contribution is -2.29. The highest BCUT2D eigenvalue weighted by atomic mass is 19.1. The molecule has 1 aliphatic carbocycles. The summed E-state index contributed by atoms with van der Waals surface area (Å²) >= 11 is 0.